The molecule has 1 unspecified atom stereocenters. The summed E-state index contributed by atoms with van der Waals surface area (Å²) in [6, 6.07) is 1.84. The van der Waals surface area contributed by atoms with Gasteiger partial charge in [-0.15, -0.1) is 0 Å². The van der Waals surface area contributed by atoms with Crippen LogP contribution in [-0.2, 0) is 4.79 Å². The fraction of sp³-hybridized carbons (Fsp3) is 0.500. The van der Waals surface area contributed by atoms with E-state index in [0.29, 0.717) is 0 Å². The van der Waals surface area contributed by atoms with Gasteiger partial charge in [-0.25, -0.2) is 0 Å². The van der Waals surface area contributed by atoms with E-state index in [1.54, 1.807) is 0 Å². The number of nitrogens with one attached hydrogen (secondary N) is 1. The van der Waals surface area contributed by atoms with Crippen molar-refractivity contribution in [2.24, 2.45) is 5.73 Å². The molecule has 1 aromatic rings. The fourth-order valence-electron chi connectivity index (χ4n) is 1.31. The first-order chi connectivity index (χ1) is 7.12. The Kier molecular flexibility index (Phi) is 2.77. The maximum Gasteiger partial charge on any atom is 0.240 e. The first-order valence-corrected chi connectivity index (χ1v) is 5.83. The average molecular weight is 226 g/mol. The summed E-state index contributed by atoms with van der Waals surface area (Å²) in [4.78, 5) is 11.5. The predicted molar refractivity (Wildman–Crippen MR) is 58.4 cm³/mol. The molecule has 1 amide bonds. The van der Waals surface area contributed by atoms with Crippen molar-refractivity contribution < 1.29 is 9.90 Å². The normalized spacial score (nSPS) is 19.6. The minimum absolute atomic E-state index is 0.156. The first-order valence-electron chi connectivity index (χ1n) is 4.89. The summed E-state index contributed by atoms with van der Waals surface area (Å²) in [6.07, 6.45) is 0.850. The zero-order chi connectivity index (χ0) is 10.9. The molecule has 1 atom stereocenters. The van der Waals surface area contributed by atoms with E-state index >= 15 is 0 Å². The Balaban J connectivity index is 1.81. The number of aliphatic hydroxyl groups is 1. The summed E-state index contributed by atoms with van der Waals surface area (Å²) in [7, 11) is 0. The molecule has 1 fully saturated rings. The van der Waals surface area contributed by atoms with Gasteiger partial charge in [0.05, 0.1) is 11.6 Å². The lowest BCUT2D eigenvalue weighted by molar-refractivity contribution is -0.123. The van der Waals surface area contributed by atoms with Crippen LogP contribution in [0.2, 0.25) is 0 Å². The summed E-state index contributed by atoms with van der Waals surface area (Å²) < 4.78 is 0. The molecule has 4 nitrogen and oxygen atoms in total. The standard InChI is InChI=1S/C10H14N2O2S/c11-10(2-3-10)9(14)12-5-8(13)7-1-4-15-6-7/h1,4,6,8,13H,2-3,5,11H2,(H,12,14). The van der Waals surface area contributed by atoms with Gasteiger partial charge in [0.2, 0.25) is 5.91 Å². The molecule has 0 aromatic carbocycles. The molecule has 15 heavy (non-hydrogen) atoms. The Hall–Kier alpha value is -0.910. The lowest BCUT2D eigenvalue weighted by atomic mass is 10.2. The van der Waals surface area contributed by atoms with Gasteiger partial charge < -0.3 is 16.2 Å². The van der Waals surface area contributed by atoms with Gasteiger partial charge in [-0.1, -0.05) is 0 Å². The Morgan fingerprint density at radius 1 is 1.73 bits per heavy atom. The van der Waals surface area contributed by atoms with Crippen LogP contribution in [0.25, 0.3) is 0 Å². The molecule has 0 radical (unpaired) electrons. The number of amides is 1. The second kappa shape index (κ2) is 3.92. The second-order valence-electron chi connectivity index (χ2n) is 3.94. The maximum atomic E-state index is 11.5. The van der Waals surface area contributed by atoms with Crippen molar-refractivity contribution in [3.05, 3.63) is 22.4 Å². The minimum atomic E-state index is -0.658. The maximum absolute atomic E-state index is 11.5. The van der Waals surface area contributed by atoms with Crippen molar-refractivity contribution in [1.29, 1.82) is 0 Å². The molecule has 0 spiro atoms. The zero-order valence-electron chi connectivity index (χ0n) is 8.27. The van der Waals surface area contributed by atoms with Crippen LogP contribution < -0.4 is 11.1 Å². The summed E-state index contributed by atoms with van der Waals surface area (Å²) >= 11 is 1.52. The summed E-state index contributed by atoms with van der Waals surface area (Å²) in [6.45, 7) is 0.231. The van der Waals surface area contributed by atoms with Crippen LogP contribution in [0, 0.1) is 0 Å². The van der Waals surface area contributed by atoms with Crippen LogP contribution in [0.5, 0.6) is 0 Å². The smallest absolute Gasteiger partial charge is 0.240 e. The third kappa shape index (κ3) is 2.37. The molecule has 2 rings (SSSR count). The van der Waals surface area contributed by atoms with Crippen molar-refractivity contribution in [1.82, 2.24) is 5.32 Å². The second-order valence-corrected chi connectivity index (χ2v) is 4.72. The third-order valence-electron chi connectivity index (χ3n) is 2.62. The van der Waals surface area contributed by atoms with Gasteiger partial charge in [-0.3, -0.25) is 4.79 Å². The molecule has 4 N–H and O–H groups in total. The molecular formula is C10H14N2O2S. The Labute approximate surface area is 92.1 Å². The predicted octanol–water partition coefficient (Wildman–Crippen LogP) is 0.389. The van der Waals surface area contributed by atoms with E-state index in [0.717, 1.165) is 18.4 Å². The zero-order valence-corrected chi connectivity index (χ0v) is 9.09. The van der Waals surface area contributed by atoms with Crippen LogP contribution in [-0.4, -0.2) is 23.1 Å². The Bertz CT molecular complexity index is 346. The van der Waals surface area contributed by atoms with E-state index in [1.807, 2.05) is 16.8 Å². The highest BCUT2D eigenvalue weighted by atomic mass is 32.1. The third-order valence-corrected chi connectivity index (χ3v) is 3.33. The number of hydrogen-bond donors (Lipinski definition) is 3. The van der Waals surface area contributed by atoms with Gasteiger partial charge in [-0.2, -0.15) is 11.3 Å². The number of aliphatic hydroxyl groups excluding tert-OH is 1. The number of thiophene rings is 1. The van der Waals surface area contributed by atoms with Crippen LogP contribution in [0.15, 0.2) is 16.8 Å². The van der Waals surface area contributed by atoms with Crippen LogP contribution in [0.4, 0.5) is 0 Å². The highest BCUT2D eigenvalue weighted by Gasteiger charge is 2.45. The van der Waals surface area contributed by atoms with Crippen LogP contribution in [0.3, 0.4) is 0 Å². The van der Waals surface area contributed by atoms with Gasteiger partial charge in [-0.05, 0) is 35.2 Å². The van der Waals surface area contributed by atoms with E-state index in [2.05, 4.69) is 5.32 Å². The minimum Gasteiger partial charge on any atom is -0.387 e. The highest BCUT2D eigenvalue weighted by molar-refractivity contribution is 7.07. The van der Waals surface area contributed by atoms with E-state index < -0.39 is 11.6 Å². The molecule has 0 saturated heterocycles. The molecule has 0 aliphatic heterocycles. The quantitative estimate of drug-likeness (QED) is 0.695. The first kappa shape index (κ1) is 10.6. The molecule has 82 valence electrons. The number of nitrogens with two attached hydrogens (primary N) is 1. The Morgan fingerprint density at radius 3 is 3.00 bits per heavy atom. The van der Waals surface area contributed by atoms with E-state index in [-0.39, 0.29) is 12.5 Å². The van der Waals surface area contributed by atoms with Gasteiger partial charge >= 0.3 is 0 Å². The SMILES string of the molecule is NC1(C(=O)NCC(O)c2ccsc2)CC1. The van der Waals surface area contributed by atoms with Crippen molar-refractivity contribution in [2.45, 2.75) is 24.5 Å². The monoisotopic (exact) mass is 226 g/mol. The molecule has 1 heterocycles. The number of carbonyl (C=O) groups is 1. The van der Waals surface area contributed by atoms with Crippen molar-refractivity contribution in [3.63, 3.8) is 0 Å². The average Bonchev–Trinajstić information content (AvgIpc) is 2.79. The molecule has 0 bridgehead atoms. The molecular weight excluding hydrogens is 212 g/mol. The fourth-order valence-corrected chi connectivity index (χ4v) is 2.02. The van der Waals surface area contributed by atoms with Gasteiger partial charge in [0.15, 0.2) is 0 Å². The van der Waals surface area contributed by atoms with Crippen LogP contribution in [0.1, 0.15) is 24.5 Å². The largest absolute Gasteiger partial charge is 0.387 e. The van der Waals surface area contributed by atoms with E-state index in [4.69, 9.17) is 5.73 Å². The lowest BCUT2D eigenvalue weighted by Crippen LogP contribution is -2.44. The van der Waals surface area contributed by atoms with Crippen molar-refractivity contribution in [2.75, 3.05) is 6.54 Å². The molecule has 1 aromatic heterocycles. The van der Waals surface area contributed by atoms with E-state index in [1.165, 1.54) is 11.3 Å². The molecule has 5 heteroatoms. The van der Waals surface area contributed by atoms with Gasteiger partial charge in [0, 0.05) is 6.54 Å². The summed E-state index contributed by atoms with van der Waals surface area (Å²) in [5, 5.41) is 16.1. The van der Waals surface area contributed by atoms with E-state index in [9.17, 15) is 9.90 Å². The van der Waals surface area contributed by atoms with Crippen molar-refractivity contribution in [3.8, 4) is 0 Å². The Morgan fingerprint density at radius 2 is 2.47 bits per heavy atom. The highest BCUT2D eigenvalue weighted by Crippen LogP contribution is 2.32. The van der Waals surface area contributed by atoms with Crippen molar-refractivity contribution >= 4 is 17.2 Å². The molecule has 1 aliphatic carbocycles. The number of rotatable bonds is 4. The van der Waals surface area contributed by atoms with Crippen LogP contribution >= 0.6 is 11.3 Å². The number of hydrogen-bond acceptors (Lipinski definition) is 4. The molecule has 1 saturated carbocycles. The summed E-state index contributed by atoms with van der Waals surface area (Å²) in [5.74, 6) is -0.156. The topological polar surface area (TPSA) is 75.4 Å². The molecule has 1 aliphatic rings. The van der Waals surface area contributed by atoms with Gasteiger partial charge in [0.1, 0.15) is 0 Å². The lowest BCUT2D eigenvalue weighted by Gasteiger charge is -2.13. The summed E-state index contributed by atoms with van der Waals surface area (Å²) in [5.41, 5.74) is 5.88. The number of carbonyl (C=O) groups excluding carboxylic acids is 1. The van der Waals surface area contributed by atoms with Gasteiger partial charge in [0.25, 0.3) is 0 Å².